The number of ether oxygens (including phenoxy) is 1. The smallest absolute Gasteiger partial charge is 0.335 e. The van der Waals surface area contributed by atoms with E-state index in [1.165, 1.54) is 18.2 Å². The number of hydrogen-bond donors (Lipinski definition) is 1. The minimum atomic E-state index is -0.980. The number of rotatable bonds is 6. The Morgan fingerprint density at radius 1 is 1.20 bits per heavy atom. The van der Waals surface area contributed by atoms with Crippen LogP contribution in [0.1, 0.15) is 16.8 Å². The van der Waals surface area contributed by atoms with Crippen LogP contribution >= 0.6 is 0 Å². The van der Waals surface area contributed by atoms with Gasteiger partial charge in [-0.2, -0.15) is 0 Å². The van der Waals surface area contributed by atoms with Crippen LogP contribution in [0.15, 0.2) is 53.5 Å². The van der Waals surface area contributed by atoms with Gasteiger partial charge in [0.2, 0.25) is 5.56 Å². The van der Waals surface area contributed by atoms with Gasteiger partial charge in [-0.05, 0) is 30.7 Å². The van der Waals surface area contributed by atoms with Crippen molar-refractivity contribution in [3.8, 4) is 5.75 Å². The molecule has 0 unspecified atom stereocenters. The van der Waals surface area contributed by atoms with Gasteiger partial charge in [0.15, 0.2) is 0 Å². The second kappa shape index (κ2) is 6.56. The standard InChI is InChI=1S/C15H15NO4/c17-14-7-1-2-8-16(14)9-4-10-20-13-6-3-5-12(11-13)15(18)19/h1-3,5-8,11H,4,9-10H2,(H,18,19). The van der Waals surface area contributed by atoms with Gasteiger partial charge in [0.25, 0.3) is 0 Å². The third-order valence-corrected chi connectivity index (χ3v) is 2.79. The van der Waals surface area contributed by atoms with Crippen molar-refractivity contribution in [3.63, 3.8) is 0 Å². The molecule has 20 heavy (non-hydrogen) atoms. The van der Waals surface area contributed by atoms with Crippen molar-refractivity contribution in [2.24, 2.45) is 0 Å². The molecule has 0 aliphatic rings. The zero-order valence-electron chi connectivity index (χ0n) is 10.9. The number of benzene rings is 1. The Morgan fingerprint density at radius 2 is 2.05 bits per heavy atom. The fraction of sp³-hybridized carbons (Fsp3) is 0.200. The minimum Gasteiger partial charge on any atom is -0.494 e. The van der Waals surface area contributed by atoms with Crippen molar-refractivity contribution >= 4 is 5.97 Å². The molecule has 2 aromatic rings. The van der Waals surface area contributed by atoms with Gasteiger partial charge in [0.05, 0.1) is 12.2 Å². The van der Waals surface area contributed by atoms with E-state index in [4.69, 9.17) is 9.84 Å². The predicted molar refractivity (Wildman–Crippen MR) is 74.2 cm³/mol. The number of hydrogen-bond acceptors (Lipinski definition) is 3. The summed E-state index contributed by atoms with van der Waals surface area (Å²) in [6, 6.07) is 11.4. The summed E-state index contributed by atoms with van der Waals surface area (Å²) in [4.78, 5) is 22.3. The summed E-state index contributed by atoms with van der Waals surface area (Å²) in [6.45, 7) is 0.989. The number of pyridine rings is 1. The minimum absolute atomic E-state index is 0.0413. The molecule has 0 aliphatic carbocycles. The van der Waals surface area contributed by atoms with E-state index in [9.17, 15) is 9.59 Å². The molecule has 0 bridgehead atoms. The normalized spacial score (nSPS) is 10.2. The Labute approximate surface area is 116 Å². The molecule has 1 aromatic heterocycles. The maximum Gasteiger partial charge on any atom is 0.335 e. The highest BCUT2D eigenvalue weighted by Gasteiger charge is 2.03. The van der Waals surface area contributed by atoms with Gasteiger partial charge in [0.1, 0.15) is 5.75 Å². The molecule has 0 amide bonds. The van der Waals surface area contributed by atoms with Crippen molar-refractivity contribution < 1.29 is 14.6 Å². The molecule has 5 heteroatoms. The van der Waals surface area contributed by atoms with Crippen LogP contribution in [0.4, 0.5) is 0 Å². The van der Waals surface area contributed by atoms with Gasteiger partial charge in [-0.15, -0.1) is 0 Å². The first kappa shape index (κ1) is 13.9. The molecule has 0 atom stereocenters. The van der Waals surface area contributed by atoms with Gasteiger partial charge >= 0.3 is 5.97 Å². The summed E-state index contributed by atoms with van der Waals surface area (Å²) in [5, 5.41) is 8.87. The van der Waals surface area contributed by atoms with Crippen LogP contribution in [0.25, 0.3) is 0 Å². The zero-order chi connectivity index (χ0) is 14.4. The van der Waals surface area contributed by atoms with Crippen LogP contribution in [0, 0.1) is 0 Å². The summed E-state index contributed by atoms with van der Waals surface area (Å²) in [5.74, 6) is -0.461. The molecule has 0 fully saturated rings. The molecule has 0 saturated heterocycles. The highest BCUT2D eigenvalue weighted by atomic mass is 16.5. The summed E-state index contributed by atoms with van der Waals surface area (Å²) < 4.78 is 7.09. The second-order valence-corrected chi connectivity index (χ2v) is 4.27. The van der Waals surface area contributed by atoms with E-state index >= 15 is 0 Å². The van der Waals surface area contributed by atoms with E-state index in [1.54, 1.807) is 35.0 Å². The molecule has 104 valence electrons. The summed E-state index contributed by atoms with van der Waals surface area (Å²) in [5.41, 5.74) is 0.155. The van der Waals surface area contributed by atoms with Gasteiger partial charge < -0.3 is 14.4 Å². The number of carbonyl (C=O) groups is 1. The highest BCUT2D eigenvalue weighted by molar-refractivity contribution is 5.87. The van der Waals surface area contributed by atoms with Crippen molar-refractivity contribution in [3.05, 3.63) is 64.6 Å². The number of carboxylic acid groups (broad SMARTS) is 1. The lowest BCUT2D eigenvalue weighted by Crippen LogP contribution is -2.18. The highest BCUT2D eigenvalue weighted by Crippen LogP contribution is 2.13. The molecule has 1 heterocycles. The molecule has 0 spiro atoms. The van der Waals surface area contributed by atoms with E-state index in [0.29, 0.717) is 25.3 Å². The van der Waals surface area contributed by atoms with Gasteiger partial charge in [-0.25, -0.2) is 4.79 Å². The first-order valence-corrected chi connectivity index (χ1v) is 6.28. The average molecular weight is 273 g/mol. The maximum absolute atomic E-state index is 11.5. The van der Waals surface area contributed by atoms with Crippen molar-refractivity contribution in [2.45, 2.75) is 13.0 Å². The fourth-order valence-electron chi connectivity index (χ4n) is 1.79. The van der Waals surface area contributed by atoms with Crippen LogP contribution < -0.4 is 10.3 Å². The third kappa shape index (κ3) is 3.71. The Bertz CT molecular complexity index is 648. The molecule has 1 N–H and O–H groups in total. The Morgan fingerprint density at radius 3 is 2.80 bits per heavy atom. The van der Waals surface area contributed by atoms with Crippen LogP contribution in [0.5, 0.6) is 5.75 Å². The van der Waals surface area contributed by atoms with E-state index in [2.05, 4.69) is 0 Å². The first-order chi connectivity index (χ1) is 9.66. The number of aryl methyl sites for hydroxylation is 1. The summed E-state index contributed by atoms with van der Waals surface area (Å²) in [6.07, 6.45) is 2.40. The van der Waals surface area contributed by atoms with Crippen LogP contribution in [0.3, 0.4) is 0 Å². The Kier molecular flexibility index (Phi) is 4.55. The monoisotopic (exact) mass is 273 g/mol. The lowest BCUT2D eigenvalue weighted by atomic mass is 10.2. The van der Waals surface area contributed by atoms with Crippen molar-refractivity contribution in [1.29, 1.82) is 0 Å². The van der Waals surface area contributed by atoms with Crippen molar-refractivity contribution in [1.82, 2.24) is 4.57 Å². The number of nitrogens with zero attached hydrogens (tertiary/aromatic N) is 1. The molecule has 0 saturated carbocycles. The lowest BCUT2D eigenvalue weighted by Gasteiger charge is -2.08. The summed E-state index contributed by atoms with van der Waals surface area (Å²) in [7, 11) is 0. The van der Waals surface area contributed by atoms with Gasteiger partial charge in [0, 0.05) is 18.8 Å². The Balaban J connectivity index is 1.85. The molecule has 2 rings (SSSR count). The van der Waals surface area contributed by atoms with E-state index in [0.717, 1.165) is 0 Å². The van der Waals surface area contributed by atoms with Gasteiger partial charge in [-0.3, -0.25) is 4.79 Å². The first-order valence-electron chi connectivity index (χ1n) is 6.28. The van der Waals surface area contributed by atoms with Crippen LogP contribution in [0.2, 0.25) is 0 Å². The van der Waals surface area contributed by atoms with Gasteiger partial charge in [-0.1, -0.05) is 12.1 Å². The molecule has 1 aromatic carbocycles. The van der Waals surface area contributed by atoms with E-state index in [1.807, 2.05) is 0 Å². The fourth-order valence-corrected chi connectivity index (χ4v) is 1.79. The molecule has 5 nitrogen and oxygen atoms in total. The lowest BCUT2D eigenvalue weighted by molar-refractivity contribution is 0.0696. The average Bonchev–Trinajstić information content (AvgIpc) is 2.45. The quantitative estimate of drug-likeness (QED) is 0.817. The van der Waals surface area contributed by atoms with E-state index in [-0.39, 0.29) is 11.1 Å². The third-order valence-electron chi connectivity index (χ3n) is 2.79. The molecule has 0 radical (unpaired) electrons. The SMILES string of the molecule is O=C(O)c1cccc(OCCCn2ccccc2=O)c1. The summed E-state index contributed by atoms with van der Waals surface area (Å²) >= 11 is 0. The number of aromatic nitrogens is 1. The molecular formula is C15H15NO4. The zero-order valence-corrected chi connectivity index (χ0v) is 10.9. The maximum atomic E-state index is 11.5. The molecular weight excluding hydrogens is 258 g/mol. The number of aromatic carboxylic acids is 1. The topological polar surface area (TPSA) is 68.5 Å². The Hall–Kier alpha value is -2.56. The van der Waals surface area contributed by atoms with Crippen LogP contribution in [-0.4, -0.2) is 22.2 Å². The second-order valence-electron chi connectivity index (χ2n) is 4.27. The largest absolute Gasteiger partial charge is 0.494 e. The molecule has 0 aliphatic heterocycles. The number of carboxylic acids is 1. The van der Waals surface area contributed by atoms with Crippen molar-refractivity contribution in [2.75, 3.05) is 6.61 Å². The predicted octanol–water partition coefficient (Wildman–Crippen LogP) is 2.02. The van der Waals surface area contributed by atoms with Crippen LogP contribution in [-0.2, 0) is 6.54 Å². The van der Waals surface area contributed by atoms with E-state index < -0.39 is 5.97 Å².